The van der Waals surface area contributed by atoms with Crippen molar-refractivity contribution in [1.29, 1.82) is 0 Å². The molecule has 23 heavy (non-hydrogen) atoms. The highest BCUT2D eigenvalue weighted by molar-refractivity contribution is 5.69. The zero-order chi connectivity index (χ0) is 17.0. The normalized spacial score (nSPS) is 11.8. The van der Waals surface area contributed by atoms with Gasteiger partial charge < -0.3 is 10.5 Å². The van der Waals surface area contributed by atoms with E-state index in [9.17, 15) is 13.2 Å². The van der Waals surface area contributed by atoms with Crippen LogP contribution in [0.4, 0.5) is 13.2 Å². The van der Waals surface area contributed by atoms with Crippen molar-refractivity contribution in [1.82, 2.24) is 0 Å². The third-order valence-electron chi connectivity index (χ3n) is 3.44. The monoisotopic (exact) mass is 323 g/mol. The minimum absolute atomic E-state index is 0.240. The van der Waals surface area contributed by atoms with Crippen molar-refractivity contribution in [3.05, 3.63) is 53.6 Å². The molecule has 2 nitrogen and oxygen atoms in total. The van der Waals surface area contributed by atoms with E-state index in [1.807, 2.05) is 24.3 Å². The van der Waals surface area contributed by atoms with Gasteiger partial charge in [-0.1, -0.05) is 44.2 Å². The van der Waals surface area contributed by atoms with Crippen LogP contribution in [0, 0.1) is 5.92 Å². The largest absolute Gasteiger partial charge is 0.573 e. The Labute approximate surface area is 134 Å². The molecule has 0 amide bonds. The number of hydrogen-bond donors (Lipinski definition) is 1. The molecule has 2 N–H and O–H groups in total. The molecule has 124 valence electrons. The third kappa shape index (κ3) is 4.99. The number of ether oxygens (including phenoxy) is 1. The Morgan fingerprint density at radius 1 is 1.04 bits per heavy atom. The predicted octanol–water partition coefficient (Wildman–Crippen LogP) is 4.91. The molecule has 0 spiro atoms. The summed E-state index contributed by atoms with van der Waals surface area (Å²) in [6.07, 6.45) is -3.75. The quantitative estimate of drug-likeness (QED) is 0.848. The lowest BCUT2D eigenvalue weighted by atomic mass is 9.96. The number of halogens is 3. The van der Waals surface area contributed by atoms with E-state index in [4.69, 9.17) is 5.73 Å². The van der Waals surface area contributed by atoms with Gasteiger partial charge >= 0.3 is 6.36 Å². The van der Waals surface area contributed by atoms with Crippen LogP contribution < -0.4 is 10.5 Å². The van der Waals surface area contributed by atoms with E-state index in [0.717, 1.165) is 17.5 Å². The second-order valence-corrected chi connectivity index (χ2v) is 5.87. The van der Waals surface area contributed by atoms with Crippen molar-refractivity contribution in [3.63, 3.8) is 0 Å². The Morgan fingerprint density at radius 3 is 2.22 bits per heavy atom. The van der Waals surface area contributed by atoms with Crippen LogP contribution in [0.5, 0.6) is 5.75 Å². The molecule has 0 bridgehead atoms. The van der Waals surface area contributed by atoms with Crippen LogP contribution in [0.3, 0.4) is 0 Å². The van der Waals surface area contributed by atoms with E-state index in [-0.39, 0.29) is 12.3 Å². The SMILES string of the molecule is CC(C)Cc1ccc(-c2cc(OC(F)(F)F)ccc2CN)cc1. The molecule has 5 heteroatoms. The predicted molar refractivity (Wildman–Crippen MR) is 85.0 cm³/mol. The molecule has 0 unspecified atom stereocenters. The molecule has 0 aliphatic rings. The lowest BCUT2D eigenvalue weighted by molar-refractivity contribution is -0.274. The van der Waals surface area contributed by atoms with Crippen LogP contribution >= 0.6 is 0 Å². The van der Waals surface area contributed by atoms with Crippen molar-refractivity contribution in [2.75, 3.05) is 0 Å². The highest BCUT2D eigenvalue weighted by Gasteiger charge is 2.31. The summed E-state index contributed by atoms with van der Waals surface area (Å²) >= 11 is 0. The van der Waals surface area contributed by atoms with Crippen molar-refractivity contribution >= 4 is 0 Å². The molecule has 0 atom stereocenters. The summed E-state index contributed by atoms with van der Waals surface area (Å²) in [4.78, 5) is 0. The van der Waals surface area contributed by atoms with Gasteiger partial charge in [-0.05, 0) is 46.7 Å². The van der Waals surface area contributed by atoms with Crippen molar-refractivity contribution in [2.24, 2.45) is 11.7 Å². The maximum absolute atomic E-state index is 12.4. The molecule has 0 aromatic heterocycles. The van der Waals surface area contributed by atoms with E-state index in [1.165, 1.54) is 17.7 Å². The first kappa shape index (κ1) is 17.3. The number of nitrogens with two attached hydrogens (primary N) is 1. The van der Waals surface area contributed by atoms with Gasteiger partial charge in [-0.2, -0.15) is 0 Å². The van der Waals surface area contributed by atoms with Gasteiger partial charge in [0.1, 0.15) is 5.75 Å². The van der Waals surface area contributed by atoms with E-state index in [1.54, 1.807) is 6.07 Å². The summed E-state index contributed by atoms with van der Waals surface area (Å²) in [6, 6.07) is 12.0. The Kier molecular flexibility index (Phi) is 5.31. The highest BCUT2D eigenvalue weighted by atomic mass is 19.4. The molecular weight excluding hydrogens is 303 g/mol. The summed E-state index contributed by atoms with van der Waals surface area (Å²) < 4.78 is 41.2. The topological polar surface area (TPSA) is 35.2 Å². The van der Waals surface area contributed by atoms with Gasteiger partial charge in [0.15, 0.2) is 0 Å². The zero-order valence-corrected chi connectivity index (χ0v) is 13.2. The average molecular weight is 323 g/mol. The minimum Gasteiger partial charge on any atom is -0.406 e. The highest BCUT2D eigenvalue weighted by Crippen LogP contribution is 2.31. The van der Waals surface area contributed by atoms with Crippen molar-refractivity contribution < 1.29 is 17.9 Å². The first-order valence-electron chi connectivity index (χ1n) is 7.46. The minimum atomic E-state index is -4.71. The molecule has 2 aromatic rings. The molecule has 0 radical (unpaired) electrons. The van der Waals surface area contributed by atoms with Gasteiger partial charge in [0.2, 0.25) is 0 Å². The van der Waals surface area contributed by atoms with E-state index >= 15 is 0 Å². The van der Waals surface area contributed by atoms with Gasteiger partial charge in [-0.25, -0.2) is 0 Å². The fourth-order valence-corrected chi connectivity index (χ4v) is 2.49. The molecule has 0 saturated carbocycles. The fourth-order valence-electron chi connectivity index (χ4n) is 2.49. The second-order valence-electron chi connectivity index (χ2n) is 5.87. The Morgan fingerprint density at radius 2 is 1.70 bits per heavy atom. The molecule has 2 aromatic carbocycles. The van der Waals surface area contributed by atoms with Gasteiger partial charge in [-0.3, -0.25) is 0 Å². The number of rotatable bonds is 5. The summed E-state index contributed by atoms with van der Waals surface area (Å²) in [5.41, 5.74) is 9.15. The average Bonchev–Trinajstić information content (AvgIpc) is 2.46. The molecule has 0 fully saturated rings. The summed E-state index contributed by atoms with van der Waals surface area (Å²) in [5, 5.41) is 0. The first-order chi connectivity index (χ1) is 10.8. The number of hydrogen-bond acceptors (Lipinski definition) is 2. The lowest BCUT2D eigenvalue weighted by Crippen LogP contribution is -2.17. The van der Waals surface area contributed by atoms with E-state index < -0.39 is 6.36 Å². The standard InChI is InChI=1S/C18H20F3NO/c1-12(2)9-13-3-5-14(6-4-13)17-10-16(23-18(19,20)21)8-7-15(17)11-22/h3-8,10,12H,9,11,22H2,1-2H3. The van der Waals surface area contributed by atoms with Crippen molar-refractivity contribution in [3.8, 4) is 16.9 Å². The van der Waals surface area contributed by atoms with Crippen LogP contribution in [0.1, 0.15) is 25.0 Å². The summed E-state index contributed by atoms with van der Waals surface area (Å²) in [6.45, 7) is 4.52. The van der Waals surface area contributed by atoms with Crippen LogP contribution in [-0.4, -0.2) is 6.36 Å². The van der Waals surface area contributed by atoms with Crippen LogP contribution in [0.2, 0.25) is 0 Å². The molecule has 2 rings (SSSR count). The van der Waals surface area contributed by atoms with Gasteiger partial charge in [-0.15, -0.1) is 13.2 Å². The van der Waals surface area contributed by atoms with Crippen LogP contribution in [0.15, 0.2) is 42.5 Å². The molecule has 0 saturated heterocycles. The maximum atomic E-state index is 12.4. The first-order valence-corrected chi connectivity index (χ1v) is 7.46. The van der Waals surface area contributed by atoms with Crippen LogP contribution in [-0.2, 0) is 13.0 Å². The van der Waals surface area contributed by atoms with Gasteiger partial charge in [0, 0.05) is 6.54 Å². The van der Waals surface area contributed by atoms with E-state index in [0.29, 0.717) is 11.5 Å². The fraction of sp³-hybridized carbons (Fsp3) is 0.333. The Hall–Kier alpha value is -2.01. The summed E-state index contributed by atoms with van der Waals surface area (Å²) in [5.74, 6) is 0.305. The lowest BCUT2D eigenvalue weighted by Gasteiger charge is -2.14. The third-order valence-corrected chi connectivity index (χ3v) is 3.44. The number of alkyl halides is 3. The maximum Gasteiger partial charge on any atom is 0.573 e. The Bertz CT molecular complexity index is 648. The van der Waals surface area contributed by atoms with Gasteiger partial charge in [0.25, 0.3) is 0 Å². The van der Waals surface area contributed by atoms with E-state index in [2.05, 4.69) is 18.6 Å². The van der Waals surface area contributed by atoms with Crippen molar-refractivity contribution in [2.45, 2.75) is 33.2 Å². The molecule has 0 aliphatic carbocycles. The number of benzene rings is 2. The van der Waals surface area contributed by atoms with Gasteiger partial charge in [0.05, 0.1) is 0 Å². The molecule has 0 heterocycles. The van der Waals surface area contributed by atoms with Crippen LogP contribution in [0.25, 0.3) is 11.1 Å². The Balaban J connectivity index is 2.34. The second kappa shape index (κ2) is 7.04. The smallest absolute Gasteiger partial charge is 0.406 e. The molecule has 0 aliphatic heterocycles. The molecular formula is C18H20F3NO. The zero-order valence-electron chi connectivity index (χ0n) is 13.2. The summed E-state index contributed by atoms with van der Waals surface area (Å²) in [7, 11) is 0.